The van der Waals surface area contributed by atoms with Gasteiger partial charge in [-0.3, -0.25) is 4.79 Å². The van der Waals surface area contributed by atoms with Crippen molar-refractivity contribution in [3.63, 3.8) is 0 Å². The number of pyridine rings is 1. The number of hydrogen-bond acceptors (Lipinski definition) is 4. The number of aromatic nitrogens is 2. The summed E-state index contributed by atoms with van der Waals surface area (Å²) in [5, 5.41) is 2.99. The van der Waals surface area contributed by atoms with Crippen molar-refractivity contribution in [1.82, 2.24) is 9.97 Å². The summed E-state index contributed by atoms with van der Waals surface area (Å²) in [6.07, 6.45) is 4.13. The maximum absolute atomic E-state index is 12.5. The van der Waals surface area contributed by atoms with Gasteiger partial charge in [-0.05, 0) is 43.2 Å². The molecular weight excluding hydrogens is 282 g/mol. The number of amides is 1. The zero-order chi connectivity index (χ0) is 15.0. The van der Waals surface area contributed by atoms with E-state index in [1.54, 1.807) is 11.7 Å². The van der Waals surface area contributed by atoms with Gasteiger partial charge < -0.3 is 5.32 Å². The Bertz CT molecular complexity index is 674. The Hall–Kier alpha value is -1.75. The van der Waals surface area contributed by atoms with Crippen LogP contribution in [0, 0.1) is 6.92 Å². The van der Waals surface area contributed by atoms with Crippen LogP contribution in [0.15, 0.2) is 17.8 Å². The highest BCUT2D eigenvalue weighted by Crippen LogP contribution is 2.44. The zero-order valence-electron chi connectivity index (χ0n) is 12.5. The smallest absolute Gasteiger partial charge is 0.268 e. The average molecular weight is 301 g/mol. The minimum atomic E-state index is -0.0961. The Morgan fingerprint density at radius 3 is 2.81 bits per heavy atom. The first-order chi connectivity index (χ1) is 10.1. The molecular formula is C16H19N3OS. The second kappa shape index (κ2) is 5.56. The van der Waals surface area contributed by atoms with Crippen LogP contribution in [0.5, 0.6) is 0 Å². The third-order valence-corrected chi connectivity index (χ3v) is 4.61. The van der Waals surface area contributed by atoms with Crippen LogP contribution in [0.2, 0.25) is 0 Å². The molecule has 2 aromatic heterocycles. The second-order valence-corrected chi connectivity index (χ2v) is 6.69. The van der Waals surface area contributed by atoms with Crippen LogP contribution in [0.4, 0.5) is 5.82 Å². The highest BCUT2D eigenvalue weighted by Gasteiger charge is 2.29. The van der Waals surface area contributed by atoms with Gasteiger partial charge in [0.05, 0.1) is 11.2 Å². The molecule has 3 rings (SSSR count). The number of thiazole rings is 1. The predicted octanol–water partition coefficient (Wildman–Crippen LogP) is 4.10. The van der Waals surface area contributed by atoms with Crippen molar-refractivity contribution in [3.8, 4) is 0 Å². The molecule has 21 heavy (non-hydrogen) atoms. The highest BCUT2D eigenvalue weighted by molar-refractivity contribution is 7.12. The Morgan fingerprint density at radius 1 is 1.38 bits per heavy atom. The molecule has 0 atom stereocenters. The van der Waals surface area contributed by atoms with Crippen molar-refractivity contribution < 1.29 is 4.79 Å². The van der Waals surface area contributed by atoms with Crippen LogP contribution in [0.3, 0.4) is 0 Å². The summed E-state index contributed by atoms with van der Waals surface area (Å²) in [7, 11) is 0. The lowest BCUT2D eigenvalue weighted by Crippen LogP contribution is -2.15. The van der Waals surface area contributed by atoms with Crippen LogP contribution >= 0.6 is 11.3 Å². The molecule has 1 fully saturated rings. The minimum absolute atomic E-state index is 0.0961. The van der Waals surface area contributed by atoms with Crippen molar-refractivity contribution in [1.29, 1.82) is 0 Å². The summed E-state index contributed by atoms with van der Waals surface area (Å²) in [5.41, 5.74) is 4.99. The Labute approximate surface area is 128 Å². The van der Waals surface area contributed by atoms with E-state index in [0.717, 1.165) is 5.69 Å². The van der Waals surface area contributed by atoms with Crippen LogP contribution in [0.1, 0.15) is 65.0 Å². The van der Waals surface area contributed by atoms with Crippen molar-refractivity contribution in [2.45, 2.75) is 45.4 Å². The van der Waals surface area contributed by atoms with Gasteiger partial charge in [-0.15, -0.1) is 11.3 Å². The van der Waals surface area contributed by atoms with Gasteiger partial charge in [0.2, 0.25) is 0 Å². The number of rotatable bonds is 4. The number of carbonyl (C=O) groups excluding carboxylic acids is 1. The van der Waals surface area contributed by atoms with Crippen LogP contribution in [-0.4, -0.2) is 15.9 Å². The molecule has 0 spiro atoms. The standard InChI is InChI=1S/C16H19N3OS/c1-9(2)13-14(21-8-18-13)16(20)19-15-12(11-4-5-11)10(3)6-7-17-15/h6-9,11H,4-5H2,1-3H3,(H,17,19,20). The molecule has 1 aliphatic carbocycles. The summed E-state index contributed by atoms with van der Waals surface area (Å²) >= 11 is 1.39. The molecule has 110 valence electrons. The van der Waals surface area contributed by atoms with E-state index in [1.807, 2.05) is 19.9 Å². The van der Waals surface area contributed by atoms with Gasteiger partial charge in [-0.25, -0.2) is 9.97 Å². The summed E-state index contributed by atoms with van der Waals surface area (Å²) < 4.78 is 0. The van der Waals surface area contributed by atoms with E-state index >= 15 is 0 Å². The maximum atomic E-state index is 12.5. The monoisotopic (exact) mass is 301 g/mol. The summed E-state index contributed by atoms with van der Waals surface area (Å²) in [6, 6.07) is 2.01. The molecule has 0 bridgehead atoms. The van der Waals surface area contributed by atoms with Crippen molar-refractivity contribution in [2.75, 3.05) is 5.32 Å². The molecule has 0 saturated heterocycles. The number of nitrogens with zero attached hydrogens (tertiary/aromatic N) is 2. The molecule has 1 amide bonds. The van der Waals surface area contributed by atoms with Gasteiger partial charge in [-0.2, -0.15) is 0 Å². The molecule has 0 unspecified atom stereocenters. The molecule has 4 nitrogen and oxygen atoms in total. The van der Waals surface area contributed by atoms with E-state index < -0.39 is 0 Å². The number of carbonyl (C=O) groups is 1. The average Bonchev–Trinajstić information content (AvgIpc) is 3.13. The minimum Gasteiger partial charge on any atom is -0.306 e. The molecule has 5 heteroatoms. The fraction of sp³-hybridized carbons (Fsp3) is 0.438. The first-order valence-corrected chi connectivity index (χ1v) is 8.16. The second-order valence-electron chi connectivity index (χ2n) is 5.84. The third-order valence-electron chi connectivity index (χ3n) is 3.77. The van der Waals surface area contributed by atoms with Gasteiger partial charge in [0, 0.05) is 11.8 Å². The largest absolute Gasteiger partial charge is 0.306 e. The normalized spacial score (nSPS) is 14.5. The Balaban J connectivity index is 1.88. The topological polar surface area (TPSA) is 54.9 Å². The molecule has 0 radical (unpaired) electrons. The number of hydrogen-bond donors (Lipinski definition) is 1. The Morgan fingerprint density at radius 2 is 2.14 bits per heavy atom. The molecule has 1 saturated carbocycles. The first kappa shape index (κ1) is 14.2. The fourth-order valence-electron chi connectivity index (χ4n) is 2.56. The lowest BCUT2D eigenvalue weighted by Gasteiger charge is -2.12. The number of nitrogens with one attached hydrogen (secondary N) is 1. The zero-order valence-corrected chi connectivity index (χ0v) is 13.3. The quantitative estimate of drug-likeness (QED) is 0.925. The van der Waals surface area contributed by atoms with E-state index in [1.165, 1.54) is 35.3 Å². The van der Waals surface area contributed by atoms with Gasteiger partial charge in [0.25, 0.3) is 5.91 Å². The SMILES string of the molecule is Cc1ccnc(NC(=O)c2scnc2C(C)C)c1C1CC1. The lowest BCUT2D eigenvalue weighted by atomic mass is 10.1. The van der Waals surface area contributed by atoms with E-state index in [0.29, 0.717) is 16.6 Å². The van der Waals surface area contributed by atoms with Crippen LogP contribution in [0.25, 0.3) is 0 Å². The molecule has 2 heterocycles. The van der Waals surface area contributed by atoms with Crippen molar-refractivity contribution in [3.05, 3.63) is 39.5 Å². The van der Waals surface area contributed by atoms with Crippen LogP contribution in [-0.2, 0) is 0 Å². The fourth-order valence-corrected chi connectivity index (χ4v) is 3.40. The summed E-state index contributed by atoms with van der Waals surface area (Å²) in [6.45, 7) is 6.18. The molecule has 1 aliphatic rings. The summed E-state index contributed by atoms with van der Waals surface area (Å²) in [4.78, 5) is 21.9. The van der Waals surface area contributed by atoms with Crippen LogP contribution < -0.4 is 5.32 Å². The van der Waals surface area contributed by atoms with E-state index in [2.05, 4.69) is 22.2 Å². The van der Waals surface area contributed by atoms with Gasteiger partial charge in [-0.1, -0.05) is 13.8 Å². The van der Waals surface area contributed by atoms with Gasteiger partial charge in [0.1, 0.15) is 10.7 Å². The van der Waals surface area contributed by atoms with E-state index in [-0.39, 0.29) is 11.8 Å². The number of anilines is 1. The molecule has 0 aromatic carbocycles. The molecule has 2 aromatic rings. The van der Waals surface area contributed by atoms with Crippen molar-refractivity contribution >= 4 is 23.1 Å². The molecule has 0 aliphatic heterocycles. The predicted molar refractivity (Wildman–Crippen MR) is 85.1 cm³/mol. The summed E-state index contributed by atoms with van der Waals surface area (Å²) in [5.74, 6) is 1.41. The molecule has 1 N–H and O–H groups in total. The van der Waals surface area contributed by atoms with E-state index in [9.17, 15) is 4.79 Å². The third kappa shape index (κ3) is 2.83. The number of aryl methyl sites for hydroxylation is 1. The Kier molecular flexibility index (Phi) is 3.76. The first-order valence-electron chi connectivity index (χ1n) is 7.28. The van der Waals surface area contributed by atoms with E-state index in [4.69, 9.17) is 0 Å². The maximum Gasteiger partial charge on any atom is 0.268 e. The van der Waals surface area contributed by atoms with Crippen molar-refractivity contribution in [2.24, 2.45) is 0 Å². The van der Waals surface area contributed by atoms with Gasteiger partial charge >= 0.3 is 0 Å². The lowest BCUT2D eigenvalue weighted by molar-refractivity contribution is 0.102. The van der Waals surface area contributed by atoms with Gasteiger partial charge in [0.15, 0.2) is 0 Å². The highest BCUT2D eigenvalue weighted by atomic mass is 32.1.